The molecule has 1 saturated heterocycles. The highest BCUT2D eigenvalue weighted by Gasteiger charge is 2.50. The number of hydrogen-bond donors (Lipinski definition) is 2. The molecule has 1 aromatic rings. The van der Waals surface area contributed by atoms with E-state index >= 15 is 0 Å². The number of aliphatic hydroxyl groups excluding tert-OH is 1. The van der Waals surface area contributed by atoms with Crippen molar-refractivity contribution in [1.29, 1.82) is 0 Å². The Labute approximate surface area is 117 Å². The van der Waals surface area contributed by atoms with Gasteiger partial charge in [-0.15, -0.1) is 0 Å². The van der Waals surface area contributed by atoms with E-state index in [0.29, 0.717) is 13.0 Å². The van der Waals surface area contributed by atoms with Crippen molar-refractivity contribution in [2.75, 3.05) is 26.3 Å². The number of nitrogens with zero attached hydrogens (tertiary/aromatic N) is 1. The molecule has 5 heteroatoms. The van der Waals surface area contributed by atoms with Crippen LogP contribution >= 0.6 is 0 Å². The lowest BCUT2D eigenvalue weighted by Gasteiger charge is -2.49. The average Bonchev–Trinajstić information content (AvgIpc) is 2.43. The molecule has 5 nitrogen and oxygen atoms in total. The lowest BCUT2D eigenvalue weighted by molar-refractivity contribution is -0.168. The minimum absolute atomic E-state index is 0.00799. The summed E-state index contributed by atoms with van der Waals surface area (Å²) in [6.45, 7) is 2.51. The number of rotatable bonds is 2. The largest absolute Gasteiger partial charge is 0.493 e. The van der Waals surface area contributed by atoms with Crippen LogP contribution in [0.2, 0.25) is 0 Å². The molecule has 0 bridgehead atoms. The van der Waals surface area contributed by atoms with Crippen LogP contribution < -0.4 is 4.74 Å². The topological polar surface area (TPSA) is 70.0 Å². The molecule has 0 saturated carbocycles. The van der Waals surface area contributed by atoms with E-state index in [4.69, 9.17) is 9.84 Å². The Kier molecular flexibility index (Phi) is 2.99. The summed E-state index contributed by atoms with van der Waals surface area (Å²) >= 11 is 0. The van der Waals surface area contributed by atoms with Gasteiger partial charge in [-0.25, -0.2) is 0 Å². The first-order valence-electron chi connectivity index (χ1n) is 6.83. The predicted molar refractivity (Wildman–Crippen MR) is 72.5 cm³/mol. The second kappa shape index (κ2) is 4.46. The summed E-state index contributed by atoms with van der Waals surface area (Å²) in [6, 6.07) is 7.59. The molecule has 0 spiro atoms. The van der Waals surface area contributed by atoms with Crippen LogP contribution in [0.3, 0.4) is 0 Å². The van der Waals surface area contributed by atoms with Crippen LogP contribution in [0, 0.1) is 0 Å². The summed E-state index contributed by atoms with van der Waals surface area (Å²) in [7, 11) is 0. The highest BCUT2D eigenvalue weighted by atomic mass is 16.5. The van der Waals surface area contributed by atoms with Gasteiger partial charge in [-0.3, -0.25) is 4.79 Å². The number of benzene rings is 1. The number of carbonyl (C=O) groups excluding carboxylic acids is 1. The van der Waals surface area contributed by atoms with Crippen molar-refractivity contribution in [2.24, 2.45) is 0 Å². The summed E-state index contributed by atoms with van der Waals surface area (Å²) in [5, 5.41) is 18.9. The van der Waals surface area contributed by atoms with Gasteiger partial charge in [0, 0.05) is 5.56 Å². The monoisotopic (exact) mass is 277 g/mol. The Morgan fingerprint density at radius 1 is 1.40 bits per heavy atom. The van der Waals surface area contributed by atoms with Gasteiger partial charge >= 0.3 is 0 Å². The Morgan fingerprint density at radius 2 is 2.10 bits per heavy atom. The van der Waals surface area contributed by atoms with Gasteiger partial charge in [-0.2, -0.15) is 0 Å². The molecule has 3 rings (SSSR count). The van der Waals surface area contributed by atoms with Crippen LogP contribution in [0.25, 0.3) is 0 Å². The molecule has 2 heterocycles. The van der Waals surface area contributed by atoms with Crippen LogP contribution in [-0.4, -0.2) is 52.9 Å². The number of aliphatic hydroxyl groups is 2. The minimum Gasteiger partial charge on any atom is -0.493 e. The normalized spacial score (nSPS) is 27.2. The summed E-state index contributed by atoms with van der Waals surface area (Å²) < 4.78 is 5.60. The Bertz CT molecular complexity index is 538. The van der Waals surface area contributed by atoms with E-state index in [2.05, 4.69) is 0 Å². The summed E-state index contributed by atoms with van der Waals surface area (Å²) in [5.74, 6) is 0.749. The second-order valence-electron chi connectivity index (χ2n) is 5.97. The number of hydrogen-bond acceptors (Lipinski definition) is 4. The summed E-state index contributed by atoms with van der Waals surface area (Å²) in [6.07, 6.45) is 0.622. The summed E-state index contributed by atoms with van der Waals surface area (Å²) in [4.78, 5) is 14.4. The maximum absolute atomic E-state index is 12.7. The number of carbonyl (C=O) groups is 1. The Balaban J connectivity index is 1.85. The van der Waals surface area contributed by atoms with Crippen molar-refractivity contribution in [3.05, 3.63) is 29.8 Å². The second-order valence-corrected chi connectivity index (χ2v) is 5.97. The SMILES string of the molecule is CC1(C(=O)N2CC(O)(CO)C2)CCOc2ccccc21. The Hall–Kier alpha value is -1.59. The van der Waals surface area contributed by atoms with Crippen LogP contribution in [0.1, 0.15) is 18.9 Å². The third-order valence-electron chi connectivity index (χ3n) is 4.37. The molecule has 0 aromatic heterocycles. The molecule has 0 radical (unpaired) electrons. The van der Waals surface area contributed by atoms with Crippen LogP contribution in [0.5, 0.6) is 5.75 Å². The first-order valence-corrected chi connectivity index (χ1v) is 6.83. The molecular formula is C15H19NO4. The molecule has 20 heavy (non-hydrogen) atoms. The predicted octanol–water partition coefficient (Wildman–Crippen LogP) is 0.292. The fraction of sp³-hybridized carbons (Fsp3) is 0.533. The Morgan fingerprint density at radius 3 is 2.80 bits per heavy atom. The van der Waals surface area contributed by atoms with Gasteiger partial charge < -0.3 is 19.8 Å². The van der Waals surface area contributed by atoms with E-state index in [1.807, 2.05) is 31.2 Å². The van der Waals surface area contributed by atoms with Crippen LogP contribution in [-0.2, 0) is 10.2 Å². The van der Waals surface area contributed by atoms with E-state index in [-0.39, 0.29) is 25.6 Å². The van der Waals surface area contributed by atoms with E-state index in [0.717, 1.165) is 11.3 Å². The van der Waals surface area contributed by atoms with Gasteiger partial charge in [0.25, 0.3) is 0 Å². The van der Waals surface area contributed by atoms with E-state index in [1.54, 1.807) is 4.90 Å². The maximum atomic E-state index is 12.7. The highest BCUT2D eigenvalue weighted by Crippen LogP contribution is 2.41. The van der Waals surface area contributed by atoms with Gasteiger partial charge in [-0.05, 0) is 19.4 Å². The first-order chi connectivity index (χ1) is 9.48. The number of β-amino-alcohol motifs (C(OH)–C–C–N with tert-alkyl or cyclic N) is 1. The third-order valence-corrected chi connectivity index (χ3v) is 4.37. The molecule has 1 unspecified atom stereocenters. The smallest absolute Gasteiger partial charge is 0.233 e. The van der Waals surface area contributed by atoms with Gasteiger partial charge in [0.2, 0.25) is 5.91 Å². The zero-order valence-corrected chi connectivity index (χ0v) is 11.5. The zero-order valence-electron chi connectivity index (χ0n) is 11.5. The molecule has 2 aliphatic rings. The number of fused-ring (bicyclic) bond motifs is 1. The van der Waals surface area contributed by atoms with Gasteiger partial charge in [0.15, 0.2) is 0 Å². The number of likely N-dealkylation sites (tertiary alicyclic amines) is 1. The van der Waals surface area contributed by atoms with Crippen LogP contribution in [0.15, 0.2) is 24.3 Å². The van der Waals surface area contributed by atoms with Gasteiger partial charge in [0.1, 0.15) is 11.4 Å². The standard InChI is InChI=1S/C15H19NO4/c1-14(13(18)16-8-15(19,9-16)10-17)6-7-20-12-5-3-2-4-11(12)14/h2-5,17,19H,6-10H2,1H3. The molecule has 1 aromatic carbocycles. The molecule has 2 N–H and O–H groups in total. The molecule has 2 aliphatic heterocycles. The first kappa shape index (κ1) is 13.4. The third kappa shape index (κ3) is 1.89. The average molecular weight is 277 g/mol. The molecular weight excluding hydrogens is 258 g/mol. The highest BCUT2D eigenvalue weighted by molar-refractivity contribution is 5.89. The van der Waals surface area contributed by atoms with Crippen LogP contribution in [0.4, 0.5) is 0 Å². The van der Waals surface area contributed by atoms with Crippen molar-refractivity contribution in [3.8, 4) is 5.75 Å². The molecule has 108 valence electrons. The molecule has 1 atom stereocenters. The van der Waals surface area contributed by atoms with Crippen molar-refractivity contribution in [2.45, 2.75) is 24.4 Å². The van der Waals surface area contributed by atoms with E-state index in [9.17, 15) is 9.90 Å². The quantitative estimate of drug-likeness (QED) is 0.815. The van der Waals surface area contributed by atoms with E-state index < -0.39 is 11.0 Å². The number of para-hydroxylation sites is 1. The van der Waals surface area contributed by atoms with E-state index in [1.165, 1.54) is 0 Å². The lowest BCUT2D eigenvalue weighted by atomic mass is 9.75. The number of amides is 1. The number of ether oxygens (including phenoxy) is 1. The van der Waals surface area contributed by atoms with Crippen molar-refractivity contribution >= 4 is 5.91 Å². The molecule has 0 aliphatic carbocycles. The maximum Gasteiger partial charge on any atom is 0.233 e. The lowest BCUT2D eigenvalue weighted by Crippen LogP contribution is -2.68. The van der Waals surface area contributed by atoms with Crippen molar-refractivity contribution in [1.82, 2.24) is 4.90 Å². The van der Waals surface area contributed by atoms with Gasteiger partial charge in [0.05, 0.1) is 31.7 Å². The fourth-order valence-corrected chi connectivity index (χ4v) is 3.03. The van der Waals surface area contributed by atoms with Crippen molar-refractivity contribution in [3.63, 3.8) is 0 Å². The summed E-state index contributed by atoms with van der Waals surface area (Å²) in [5.41, 5.74) is -0.849. The molecule has 1 amide bonds. The van der Waals surface area contributed by atoms with Gasteiger partial charge in [-0.1, -0.05) is 18.2 Å². The van der Waals surface area contributed by atoms with Crippen molar-refractivity contribution < 1.29 is 19.7 Å². The molecule has 1 fully saturated rings. The zero-order chi connectivity index (χ0) is 14.4. The fourth-order valence-electron chi connectivity index (χ4n) is 3.03. The minimum atomic E-state index is -1.13.